The molecule has 0 amide bonds. The molecule has 0 aromatic rings. The zero-order valence-corrected chi connectivity index (χ0v) is 63.9. The van der Waals surface area contributed by atoms with Crippen LogP contribution in [0.15, 0.2) is 146 Å². The number of ether oxygens (including phenoxy) is 4. The molecule has 0 heterocycles. The van der Waals surface area contributed by atoms with Gasteiger partial charge >= 0.3 is 39.5 Å². The van der Waals surface area contributed by atoms with Crippen LogP contribution in [0.5, 0.6) is 0 Å². The number of aliphatic hydroxyl groups excluding tert-OH is 1. The topological polar surface area (TPSA) is 237 Å². The number of unbranched alkanes of at least 4 members (excludes halogenated alkanes) is 21. The number of hydrogen-bond donors (Lipinski definition) is 3. The van der Waals surface area contributed by atoms with Gasteiger partial charge < -0.3 is 33.8 Å². The maximum absolute atomic E-state index is 13.1. The normalized spacial score (nSPS) is 14.8. The van der Waals surface area contributed by atoms with Crippen molar-refractivity contribution in [3.63, 3.8) is 0 Å². The zero-order chi connectivity index (χ0) is 73.2. The Kier molecular flexibility index (Phi) is 68.6. The summed E-state index contributed by atoms with van der Waals surface area (Å²) in [4.78, 5) is 72.8. The number of phosphoric ester groups is 2. The van der Waals surface area contributed by atoms with E-state index in [-0.39, 0.29) is 25.7 Å². The van der Waals surface area contributed by atoms with E-state index in [0.717, 1.165) is 167 Å². The molecule has 0 aliphatic carbocycles. The Morgan fingerprint density at radius 1 is 0.300 bits per heavy atom. The first-order chi connectivity index (χ1) is 48.7. The van der Waals surface area contributed by atoms with Crippen LogP contribution in [0.4, 0.5) is 0 Å². The second kappa shape index (κ2) is 72.3. The van der Waals surface area contributed by atoms with E-state index in [1.807, 2.05) is 18.2 Å². The van der Waals surface area contributed by atoms with E-state index in [0.29, 0.717) is 25.7 Å². The van der Waals surface area contributed by atoms with Crippen molar-refractivity contribution in [1.82, 2.24) is 0 Å². The van der Waals surface area contributed by atoms with Gasteiger partial charge in [-0.2, -0.15) is 0 Å². The highest BCUT2D eigenvalue weighted by Crippen LogP contribution is 2.45. The van der Waals surface area contributed by atoms with Crippen molar-refractivity contribution >= 4 is 39.5 Å². The summed E-state index contributed by atoms with van der Waals surface area (Å²) in [6, 6.07) is 0. The Hall–Kier alpha value is -5.06. The van der Waals surface area contributed by atoms with Crippen LogP contribution in [-0.4, -0.2) is 96.7 Å². The Balaban J connectivity index is 5.45. The van der Waals surface area contributed by atoms with Gasteiger partial charge in [0.15, 0.2) is 12.2 Å². The molecule has 570 valence electrons. The van der Waals surface area contributed by atoms with E-state index >= 15 is 0 Å². The molecular weight excluding hydrogens is 1310 g/mol. The summed E-state index contributed by atoms with van der Waals surface area (Å²) in [6.45, 7) is 4.39. The number of carbonyl (C=O) groups is 4. The highest BCUT2D eigenvalue weighted by Gasteiger charge is 2.30. The van der Waals surface area contributed by atoms with E-state index in [1.165, 1.54) is 38.5 Å². The van der Waals surface area contributed by atoms with Crippen LogP contribution in [0.25, 0.3) is 0 Å². The first kappa shape index (κ1) is 94.9. The lowest BCUT2D eigenvalue weighted by Crippen LogP contribution is -2.30. The average molecular weight is 1440 g/mol. The molecule has 100 heavy (non-hydrogen) atoms. The molecule has 5 unspecified atom stereocenters. The summed E-state index contributed by atoms with van der Waals surface area (Å²) in [5, 5.41) is 10.6. The summed E-state index contributed by atoms with van der Waals surface area (Å²) >= 11 is 0. The van der Waals surface area contributed by atoms with E-state index in [2.05, 4.69) is 149 Å². The molecule has 0 aliphatic rings. The first-order valence-corrected chi connectivity index (χ1v) is 41.1. The van der Waals surface area contributed by atoms with Crippen molar-refractivity contribution in [2.24, 2.45) is 0 Å². The van der Waals surface area contributed by atoms with Gasteiger partial charge in [-0.15, -0.1) is 0 Å². The molecule has 0 bridgehead atoms. The fourth-order valence-electron chi connectivity index (χ4n) is 9.55. The van der Waals surface area contributed by atoms with Crippen molar-refractivity contribution in [2.45, 2.75) is 303 Å². The second-order valence-corrected chi connectivity index (χ2v) is 27.7. The standard InChI is InChI=1S/C81H134O17P2/c1-5-9-13-17-21-25-29-33-36-37-40-43-46-50-54-58-62-66-79(84)92-71-76(97-80(85)67-63-59-55-51-47-41-32-28-24-20-16-12-8-4)73-95-99(87,88)93-69-75(82)70-94-100(89,90)96-74-77(98-81(86)68-64-60-56-52-48-44-39-35-31-27-23-19-15-11-7-3)72-91-78(83)65-61-57-53-49-45-42-38-34-30-26-22-18-14-10-6-2/h9-10,13-14,16,20-22,25-26,28,32-36,38-40,43,45,49,57,61,75-77,82H,5-8,11-12,15,17-19,23-24,27,29-31,37,41-42,44,46-48,50-56,58-60,62-74H2,1-4H3,(H,87,88)(H,89,90)/b13-9-,14-10-,20-16-,25-21-,26-22-,32-28-,36-33-,38-34-,39-35-,43-40-,49-45-,61-57-. The number of phosphoric acid groups is 2. The summed E-state index contributed by atoms with van der Waals surface area (Å²) in [5.41, 5.74) is 0. The van der Waals surface area contributed by atoms with Gasteiger partial charge in [0.25, 0.3) is 0 Å². The van der Waals surface area contributed by atoms with E-state index in [1.54, 1.807) is 6.08 Å². The maximum atomic E-state index is 13.1. The number of aliphatic hydroxyl groups is 1. The van der Waals surface area contributed by atoms with Gasteiger partial charge in [-0.05, 0) is 141 Å². The molecular formula is C81H134O17P2. The predicted molar refractivity (Wildman–Crippen MR) is 408 cm³/mol. The lowest BCUT2D eigenvalue weighted by Gasteiger charge is -2.21. The lowest BCUT2D eigenvalue weighted by molar-refractivity contribution is -0.161. The van der Waals surface area contributed by atoms with Crippen LogP contribution in [0, 0.1) is 0 Å². The molecule has 5 atom stereocenters. The quantitative estimate of drug-likeness (QED) is 0.0169. The SMILES string of the molecule is CC/C=C\C/C=C\C/C=C\C/C=C\C/C=C\CC(=O)OCC(COP(=O)(O)OCC(O)COP(=O)(O)OCC(COC(=O)CCCCCC/C=C\C/C=C\C/C=C\C/C=C\CC)OC(=O)CCCCCCC/C=C\C/C=C\CCC)OC(=O)CCCCCCC/C=C\CCCCCCCC. The van der Waals surface area contributed by atoms with Gasteiger partial charge in [-0.25, -0.2) is 9.13 Å². The summed E-state index contributed by atoms with van der Waals surface area (Å²) in [7, 11) is -10.00. The smallest absolute Gasteiger partial charge is 0.462 e. The Morgan fingerprint density at radius 2 is 0.580 bits per heavy atom. The van der Waals surface area contributed by atoms with Crippen LogP contribution in [0.3, 0.4) is 0 Å². The molecule has 0 aliphatic heterocycles. The second-order valence-electron chi connectivity index (χ2n) is 24.8. The van der Waals surface area contributed by atoms with Gasteiger partial charge in [0, 0.05) is 19.3 Å². The number of allylic oxidation sites excluding steroid dienone is 23. The number of hydrogen-bond acceptors (Lipinski definition) is 15. The van der Waals surface area contributed by atoms with Crippen LogP contribution < -0.4 is 0 Å². The minimum absolute atomic E-state index is 0.0616. The van der Waals surface area contributed by atoms with Gasteiger partial charge in [-0.1, -0.05) is 263 Å². The maximum Gasteiger partial charge on any atom is 0.472 e. The molecule has 17 nitrogen and oxygen atoms in total. The zero-order valence-electron chi connectivity index (χ0n) is 62.1. The van der Waals surface area contributed by atoms with E-state index < -0.39 is 97.5 Å². The summed E-state index contributed by atoms with van der Waals surface area (Å²) in [5.74, 6) is -2.38. The van der Waals surface area contributed by atoms with Gasteiger partial charge in [0.05, 0.1) is 32.8 Å². The van der Waals surface area contributed by atoms with Gasteiger partial charge in [0.1, 0.15) is 19.3 Å². The molecule has 0 radical (unpaired) electrons. The number of rotatable bonds is 70. The van der Waals surface area contributed by atoms with Gasteiger partial charge in [-0.3, -0.25) is 37.3 Å². The van der Waals surface area contributed by atoms with Crippen LogP contribution in [0.1, 0.15) is 285 Å². The van der Waals surface area contributed by atoms with Crippen LogP contribution >= 0.6 is 15.6 Å². The van der Waals surface area contributed by atoms with Crippen molar-refractivity contribution in [3.8, 4) is 0 Å². The fraction of sp³-hybridized carbons (Fsp3) is 0.654. The van der Waals surface area contributed by atoms with Gasteiger partial charge in [0.2, 0.25) is 0 Å². The molecule has 0 saturated heterocycles. The van der Waals surface area contributed by atoms with Crippen molar-refractivity contribution in [1.29, 1.82) is 0 Å². The molecule has 0 rings (SSSR count). The monoisotopic (exact) mass is 1440 g/mol. The van der Waals surface area contributed by atoms with Crippen LogP contribution in [0.2, 0.25) is 0 Å². The van der Waals surface area contributed by atoms with Crippen molar-refractivity contribution in [2.75, 3.05) is 39.6 Å². The minimum atomic E-state index is -5.00. The van der Waals surface area contributed by atoms with E-state index in [4.69, 9.17) is 37.0 Å². The first-order valence-electron chi connectivity index (χ1n) is 38.1. The number of esters is 4. The highest BCUT2D eigenvalue weighted by atomic mass is 31.2. The predicted octanol–water partition coefficient (Wildman–Crippen LogP) is 21.9. The van der Waals surface area contributed by atoms with Crippen LogP contribution in [-0.2, 0) is 65.4 Å². The molecule has 0 aromatic carbocycles. The van der Waals surface area contributed by atoms with Crippen molar-refractivity contribution < 1.29 is 80.2 Å². The Bertz CT molecular complexity index is 2470. The minimum Gasteiger partial charge on any atom is -0.462 e. The molecule has 0 fully saturated rings. The Labute approximate surface area is 605 Å². The third-order valence-corrected chi connectivity index (χ3v) is 17.2. The third-order valence-electron chi connectivity index (χ3n) is 15.3. The number of carbonyl (C=O) groups excluding carboxylic acids is 4. The average Bonchev–Trinajstić information content (AvgIpc) is 0.988. The Morgan fingerprint density at radius 3 is 0.940 bits per heavy atom. The fourth-order valence-corrected chi connectivity index (χ4v) is 11.1. The van der Waals surface area contributed by atoms with E-state index in [9.17, 15) is 43.2 Å². The lowest BCUT2D eigenvalue weighted by atomic mass is 10.1. The molecule has 0 saturated carbocycles. The largest absolute Gasteiger partial charge is 0.472 e. The molecule has 19 heteroatoms. The third kappa shape index (κ3) is 71.3. The summed E-state index contributed by atoms with van der Waals surface area (Å²) < 4.78 is 68.3. The summed E-state index contributed by atoms with van der Waals surface area (Å²) in [6.07, 6.45) is 81.5. The molecule has 0 aromatic heterocycles. The highest BCUT2D eigenvalue weighted by molar-refractivity contribution is 7.47. The molecule has 3 N–H and O–H groups in total. The molecule has 0 spiro atoms. The van der Waals surface area contributed by atoms with Crippen molar-refractivity contribution in [3.05, 3.63) is 146 Å².